The summed E-state index contributed by atoms with van der Waals surface area (Å²) in [5, 5.41) is 3.36. The van der Waals surface area contributed by atoms with Crippen molar-refractivity contribution in [2.45, 2.75) is 50.7 Å². The van der Waals surface area contributed by atoms with E-state index in [4.69, 9.17) is 0 Å². The summed E-state index contributed by atoms with van der Waals surface area (Å²) in [5.74, 6) is -0.496. The van der Waals surface area contributed by atoms with E-state index in [1.165, 1.54) is 17.0 Å². The van der Waals surface area contributed by atoms with Crippen molar-refractivity contribution in [3.63, 3.8) is 0 Å². The van der Waals surface area contributed by atoms with Gasteiger partial charge in [0.2, 0.25) is 5.91 Å². The van der Waals surface area contributed by atoms with E-state index in [2.05, 4.69) is 5.10 Å². The standard InChI is InChI=1S/C18H17F6N3O/c1-11(12-3-2-4-13(9-12)17(19,20)21)27(14-5-6-14)16(28)10-26-8-7-15(25-26)18(22,23)24/h2-4,7-9,11,14H,5-6,10H2,1H3/t11-/m0/s1. The molecule has 0 N–H and O–H groups in total. The van der Waals surface area contributed by atoms with Crippen LogP contribution in [0.3, 0.4) is 0 Å². The lowest BCUT2D eigenvalue weighted by atomic mass is 10.0. The Bertz CT molecular complexity index is 853. The van der Waals surface area contributed by atoms with Gasteiger partial charge in [-0.1, -0.05) is 12.1 Å². The Labute approximate surface area is 156 Å². The second kappa shape index (κ2) is 7.14. The van der Waals surface area contributed by atoms with Crippen LogP contribution < -0.4 is 0 Å². The smallest absolute Gasteiger partial charge is 0.331 e. The fraction of sp³-hybridized carbons (Fsp3) is 0.444. The number of carbonyl (C=O) groups is 1. The minimum atomic E-state index is -4.62. The van der Waals surface area contributed by atoms with Crippen LogP contribution in [0, 0.1) is 0 Å². The van der Waals surface area contributed by atoms with Crippen LogP contribution in [-0.4, -0.2) is 26.6 Å². The number of amides is 1. The fourth-order valence-electron chi connectivity index (χ4n) is 3.05. The molecule has 1 heterocycles. The lowest BCUT2D eigenvalue weighted by Crippen LogP contribution is -2.38. The molecule has 1 aliphatic rings. The molecule has 0 saturated heterocycles. The van der Waals surface area contributed by atoms with E-state index in [1.54, 1.807) is 6.92 Å². The molecule has 1 saturated carbocycles. The third-order valence-electron chi connectivity index (χ3n) is 4.57. The summed E-state index contributed by atoms with van der Waals surface area (Å²) < 4.78 is 77.7. The molecule has 1 atom stereocenters. The SMILES string of the molecule is C[C@@H](c1cccc(C(F)(F)F)c1)N(C(=O)Cn1ccc(C(F)(F)F)n1)C1CC1. The highest BCUT2D eigenvalue weighted by Gasteiger charge is 2.38. The quantitative estimate of drug-likeness (QED) is 0.678. The van der Waals surface area contributed by atoms with Gasteiger partial charge in [-0.25, -0.2) is 0 Å². The number of nitrogens with zero attached hydrogens (tertiary/aromatic N) is 3. The minimum Gasteiger partial charge on any atom is -0.331 e. The summed E-state index contributed by atoms with van der Waals surface area (Å²) in [6.07, 6.45) is -6.67. The molecule has 0 radical (unpaired) electrons. The third kappa shape index (κ3) is 4.48. The maximum Gasteiger partial charge on any atom is 0.435 e. The van der Waals surface area contributed by atoms with E-state index >= 15 is 0 Å². The van der Waals surface area contributed by atoms with Crippen molar-refractivity contribution in [3.05, 3.63) is 53.3 Å². The van der Waals surface area contributed by atoms with Crippen molar-refractivity contribution < 1.29 is 31.1 Å². The summed E-state index contributed by atoms with van der Waals surface area (Å²) >= 11 is 0. The summed E-state index contributed by atoms with van der Waals surface area (Å²) in [6, 6.07) is 4.68. The van der Waals surface area contributed by atoms with E-state index in [1.807, 2.05) is 0 Å². The predicted octanol–water partition coefficient (Wildman–Crippen LogP) is 4.67. The van der Waals surface area contributed by atoms with Crippen LogP contribution in [0.15, 0.2) is 36.5 Å². The topological polar surface area (TPSA) is 38.1 Å². The highest BCUT2D eigenvalue weighted by atomic mass is 19.4. The molecule has 2 aromatic rings. The second-order valence-electron chi connectivity index (χ2n) is 6.73. The second-order valence-corrected chi connectivity index (χ2v) is 6.73. The van der Waals surface area contributed by atoms with Gasteiger partial charge in [0.15, 0.2) is 5.69 Å². The monoisotopic (exact) mass is 405 g/mol. The zero-order chi connectivity index (χ0) is 20.7. The Morgan fingerprint density at radius 3 is 2.39 bits per heavy atom. The highest BCUT2D eigenvalue weighted by Crippen LogP contribution is 2.37. The first-order valence-corrected chi connectivity index (χ1v) is 8.56. The van der Waals surface area contributed by atoms with Gasteiger partial charge in [-0.05, 0) is 43.5 Å². The van der Waals surface area contributed by atoms with Crippen molar-refractivity contribution in [2.24, 2.45) is 0 Å². The van der Waals surface area contributed by atoms with Crippen LogP contribution in [0.1, 0.15) is 42.6 Å². The molecule has 1 aromatic carbocycles. The van der Waals surface area contributed by atoms with Gasteiger partial charge < -0.3 is 4.90 Å². The Kier molecular flexibility index (Phi) is 5.16. The van der Waals surface area contributed by atoms with E-state index in [0.717, 1.165) is 29.1 Å². The van der Waals surface area contributed by atoms with Crippen LogP contribution in [0.4, 0.5) is 26.3 Å². The van der Waals surface area contributed by atoms with Gasteiger partial charge in [0.05, 0.1) is 11.6 Å². The van der Waals surface area contributed by atoms with E-state index in [0.29, 0.717) is 18.4 Å². The molecule has 4 nitrogen and oxygen atoms in total. The first-order valence-electron chi connectivity index (χ1n) is 8.56. The maximum absolute atomic E-state index is 13.0. The summed E-state index contributed by atoms with van der Waals surface area (Å²) in [6.45, 7) is 1.19. The lowest BCUT2D eigenvalue weighted by molar-refractivity contribution is -0.142. The number of halogens is 6. The van der Waals surface area contributed by atoms with Crippen molar-refractivity contribution in [1.29, 1.82) is 0 Å². The van der Waals surface area contributed by atoms with Gasteiger partial charge in [0.1, 0.15) is 6.54 Å². The van der Waals surface area contributed by atoms with Gasteiger partial charge >= 0.3 is 12.4 Å². The van der Waals surface area contributed by atoms with Gasteiger partial charge in [0.25, 0.3) is 0 Å². The van der Waals surface area contributed by atoms with E-state index in [9.17, 15) is 31.1 Å². The minimum absolute atomic E-state index is 0.144. The zero-order valence-electron chi connectivity index (χ0n) is 14.8. The van der Waals surface area contributed by atoms with Crippen molar-refractivity contribution >= 4 is 5.91 Å². The van der Waals surface area contributed by atoms with Crippen LogP contribution >= 0.6 is 0 Å². The molecule has 1 aromatic heterocycles. The zero-order valence-corrected chi connectivity index (χ0v) is 14.8. The molecule has 28 heavy (non-hydrogen) atoms. The molecular weight excluding hydrogens is 388 g/mol. The summed E-state index contributed by atoms with van der Waals surface area (Å²) in [4.78, 5) is 14.1. The maximum atomic E-state index is 13.0. The Morgan fingerprint density at radius 1 is 1.18 bits per heavy atom. The molecular formula is C18H17F6N3O. The largest absolute Gasteiger partial charge is 0.435 e. The van der Waals surface area contributed by atoms with Crippen LogP contribution in [-0.2, 0) is 23.7 Å². The van der Waals surface area contributed by atoms with Crippen LogP contribution in [0.2, 0.25) is 0 Å². The Balaban J connectivity index is 1.80. The lowest BCUT2D eigenvalue weighted by Gasteiger charge is -2.30. The number of carbonyl (C=O) groups excluding carboxylic acids is 1. The number of aromatic nitrogens is 2. The Hall–Kier alpha value is -2.52. The van der Waals surface area contributed by atoms with E-state index in [-0.39, 0.29) is 6.04 Å². The van der Waals surface area contributed by atoms with Crippen molar-refractivity contribution in [2.75, 3.05) is 0 Å². The third-order valence-corrected chi connectivity index (χ3v) is 4.57. The Morgan fingerprint density at radius 2 is 1.86 bits per heavy atom. The number of benzene rings is 1. The molecule has 152 valence electrons. The van der Waals surface area contributed by atoms with Crippen molar-refractivity contribution in [3.8, 4) is 0 Å². The van der Waals surface area contributed by atoms with Gasteiger partial charge in [-0.15, -0.1) is 0 Å². The first-order chi connectivity index (χ1) is 13.0. The van der Waals surface area contributed by atoms with Crippen LogP contribution in [0.5, 0.6) is 0 Å². The molecule has 1 aliphatic carbocycles. The average molecular weight is 405 g/mol. The molecule has 3 rings (SSSR count). The molecule has 0 spiro atoms. The number of rotatable bonds is 5. The number of alkyl halides is 6. The summed E-state index contributed by atoms with van der Waals surface area (Å²) in [5.41, 5.74) is -1.61. The molecule has 0 aliphatic heterocycles. The molecule has 10 heteroatoms. The average Bonchev–Trinajstić information content (AvgIpc) is 3.30. The normalized spacial score (nSPS) is 16.1. The molecule has 1 fully saturated rings. The van der Waals surface area contributed by atoms with E-state index < -0.39 is 42.1 Å². The molecule has 0 bridgehead atoms. The molecule has 1 amide bonds. The summed E-state index contributed by atoms with van der Waals surface area (Å²) in [7, 11) is 0. The van der Waals surface area contributed by atoms with Crippen molar-refractivity contribution in [1.82, 2.24) is 14.7 Å². The van der Waals surface area contributed by atoms with Gasteiger partial charge in [-0.3, -0.25) is 9.48 Å². The molecule has 0 unspecified atom stereocenters. The highest BCUT2D eigenvalue weighted by molar-refractivity contribution is 5.77. The number of hydrogen-bond acceptors (Lipinski definition) is 2. The predicted molar refractivity (Wildman–Crippen MR) is 87.0 cm³/mol. The number of hydrogen-bond donors (Lipinski definition) is 0. The van der Waals surface area contributed by atoms with Gasteiger partial charge in [0, 0.05) is 12.2 Å². The first kappa shape index (κ1) is 20.2. The van der Waals surface area contributed by atoms with Gasteiger partial charge in [-0.2, -0.15) is 31.4 Å². The van der Waals surface area contributed by atoms with Crippen LogP contribution in [0.25, 0.3) is 0 Å². The fourth-order valence-corrected chi connectivity index (χ4v) is 3.05.